The van der Waals surface area contributed by atoms with Crippen LogP contribution < -0.4 is 15.5 Å². The van der Waals surface area contributed by atoms with Gasteiger partial charge in [0.25, 0.3) is 0 Å². The first kappa shape index (κ1) is 23.5. The second-order valence-electron chi connectivity index (χ2n) is 8.63. The lowest BCUT2D eigenvalue weighted by Crippen LogP contribution is -2.28. The average molecular weight is 498 g/mol. The van der Waals surface area contributed by atoms with Crippen molar-refractivity contribution in [2.75, 3.05) is 22.1 Å². The van der Waals surface area contributed by atoms with Crippen molar-refractivity contribution in [2.24, 2.45) is 5.92 Å². The van der Waals surface area contributed by atoms with Crippen molar-refractivity contribution in [1.29, 1.82) is 0 Å². The molecule has 1 unspecified atom stereocenters. The molecular formula is C28H24ClN5O2. The maximum Gasteiger partial charge on any atom is 0.229 e. The standard InChI is InChI=1S/C28H24ClN5O2/c1-18-30-25(19-6-3-2-4-7-19)16-26(31-18)32-22-8-5-9-23(15-22)33-28(36)20-14-27(35)34(17-20)24-12-10-21(29)11-13-24/h2-13,15-16,20H,14,17H2,1H3,(H,33,36)(H,30,31,32). The first-order valence-corrected chi connectivity index (χ1v) is 12.0. The third-order valence-corrected chi connectivity index (χ3v) is 6.20. The van der Waals surface area contributed by atoms with Gasteiger partial charge >= 0.3 is 0 Å². The Labute approximate surface area is 214 Å². The molecule has 180 valence electrons. The lowest BCUT2D eigenvalue weighted by atomic mass is 10.1. The SMILES string of the molecule is Cc1nc(Nc2cccc(NC(=O)C3CC(=O)N(c4ccc(Cl)cc4)C3)c2)cc(-c2ccccc2)n1. The van der Waals surface area contributed by atoms with Crippen LogP contribution in [0, 0.1) is 12.8 Å². The van der Waals surface area contributed by atoms with E-state index in [1.165, 1.54) is 0 Å². The third kappa shape index (κ3) is 5.37. The van der Waals surface area contributed by atoms with Crippen molar-refractivity contribution in [1.82, 2.24) is 9.97 Å². The van der Waals surface area contributed by atoms with Crippen LogP contribution in [0.25, 0.3) is 11.3 Å². The van der Waals surface area contributed by atoms with Gasteiger partial charge in [-0.25, -0.2) is 9.97 Å². The van der Waals surface area contributed by atoms with Gasteiger partial charge in [-0.1, -0.05) is 48.0 Å². The molecule has 1 aliphatic rings. The molecule has 1 aliphatic heterocycles. The minimum atomic E-state index is -0.442. The molecule has 3 aromatic carbocycles. The van der Waals surface area contributed by atoms with Crippen LogP contribution in [0.4, 0.5) is 22.9 Å². The van der Waals surface area contributed by atoms with E-state index in [2.05, 4.69) is 20.6 Å². The van der Waals surface area contributed by atoms with Gasteiger partial charge in [0, 0.05) is 46.7 Å². The summed E-state index contributed by atoms with van der Waals surface area (Å²) >= 11 is 5.95. The van der Waals surface area contributed by atoms with Crippen molar-refractivity contribution < 1.29 is 9.59 Å². The summed E-state index contributed by atoms with van der Waals surface area (Å²) < 4.78 is 0. The summed E-state index contributed by atoms with van der Waals surface area (Å²) in [6, 6.07) is 26.3. The molecule has 1 aromatic heterocycles. The Balaban J connectivity index is 1.27. The van der Waals surface area contributed by atoms with Crippen LogP contribution in [0.1, 0.15) is 12.2 Å². The van der Waals surface area contributed by atoms with Crippen LogP contribution in [0.3, 0.4) is 0 Å². The number of amides is 2. The highest BCUT2D eigenvalue weighted by molar-refractivity contribution is 6.30. The summed E-state index contributed by atoms with van der Waals surface area (Å²) in [6.45, 7) is 2.18. The molecule has 7 nitrogen and oxygen atoms in total. The van der Waals surface area contributed by atoms with Gasteiger partial charge < -0.3 is 15.5 Å². The normalized spacial score (nSPS) is 15.1. The second kappa shape index (κ2) is 10.2. The van der Waals surface area contributed by atoms with E-state index in [0.717, 1.165) is 22.6 Å². The molecule has 1 atom stereocenters. The predicted octanol–water partition coefficient (Wildman–Crippen LogP) is 5.84. The quantitative estimate of drug-likeness (QED) is 0.349. The van der Waals surface area contributed by atoms with Crippen molar-refractivity contribution in [2.45, 2.75) is 13.3 Å². The number of carbonyl (C=O) groups excluding carboxylic acids is 2. The Morgan fingerprint density at radius 3 is 2.47 bits per heavy atom. The number of hydrogen-bond acceptors (Lipinski definition) is 5. The summed E-state index contributed by atoms with van der Waals surface area (Å²) in [5, 5.41) is 6.85. The molecule has 5 rings (SSSR count). The average Bonchev–Trinajstić information content (AvgIpc) is 3.27. The topological polar surface area (TPSA) is 87.2 Å². The minimum Gasteiger partial charge on any atom is -0.340 e. The Kier molecular flexibility index (Phi) is 6.64. The van der Waals surface area contributed by atoms with E-state index in [1.807, 2.05) is 67.6 Å². The maximum absolute atomic E-state index is 13.0. The van der Waals surface area contributed by atoms with Gasteiger partial charge in [-0.05, 0) is 49.4 Å². The smallest absolute Gasteiger partial charge is 0.229 e. The zero-order valence-electron chi connectivity index (χ0n) is 19.6. The fourth-order valence-electron chi connectivity index (χ4n) is 4.21. The predicted molar refractivity (Wildman–Crippen MR) is 142 cm³/mol. The highest BCUT2D eigenvalue weighted by Crippen LogP contribution is 2.28. The summed E-state index contributed by atoms with van der Waals surface area (Å²) in [5.41, 5.74) is 3.98. The van der Waals surface area contributed by atoms with Gasteiger partial charge in [-0.15, -0.1) is 0 Å². The van der Waals surface area contributed by atoms with Crippen molar-refractivity contribution >= 4 is 46.3 Å². The molecule has 0 saturated carbocycles. The maximum atomic E-state index is 13.0. The van der Waals surface area contributed by atoms with Crippen LogP contribution in [0.5, 0.6) is 0 Å². The molecule has 0 bridgehead atoms. The first-order chi connectivity index (χ1) is 17.4. The molecule has 0 radical (unpaired) electrons. The summed E-state index contributed by atoms with van der Waals surface area (Å²) in [5.74, 6) is 0.592. The Bertz CT molecular complexity index is 1410. The van der Waals surface area contributed by atoms with Crippen LogP contribution in [0.15, 0.2) is 84.9 Å². The number of aromatic nitrogens is 2. The molecule has 8 heteroatoms. The number of halogens is 1. The van der Waals surface area contributed by atoms with Crippen LogP contribution in [-0.2, 0) is 9.59 Å². The van der Waals surface area contributed by atoms with Crippen LogP contribution in [0.2, 0.25) is 5.02 Å². The lowest BCUT2D eigenvalue weighted by Gasteiger charge is -2.17. The van der Waals surface area contributed by atoms with Gasteiger partial charge in [-0.3, -0.25) is 9.59 Å². The van der Waals surface area contributed by atoms with E-state index in [1.54, 1.807) is 29.2 Å². The van der Waals surface area contributed by atoms with Gasteiger partial charge in [-0.2, -0.15) is 0 Å². The first-order valence-electron chi connectivity index (χ1n) is 11.6. The van der Waals surface area contributed by atoms with E-state index in [-0.39, 0.29) is 18.2 Å². The number of rotatable bonds is 6. The molecule has 1 fully saturated rings. The zero-order chi connectivity index (χ0) is 25.1. The molecule has 2 amide bonds. The summed E-state index contributed by atoms with van der Waals surface area (Å²) in [6.07, 6.45) is 0.162. The number of nitrogens with zero attached hydrogens (tertiary/aromatic N) is 3. The van der Waals surface area contributed by atoms with E-state index in [9.17, 15) is 9.59 Å². The fourth-order valence-corrected chi connectivity index (χ4v) is 4.34. The van der Waals surface area contributed by atoms with Crippen LogP contribution in [-0.4, -0.2) is 28.3 Å². The van der Waals surface area contributed by atoms with Gasteiger partial charge in [0.1, 0.15) is 11.6 Å². The van der Waals surface area contributed by atoms with E-state index >= 15 is 0 Å². The van der Waals surface area contributed by atoms with Crippen LogP contribution >= 0.6 is 11.6 Å². The third-order valence-electron chi connectivity index (χ3n) is 5.94. The molecule has 2 N–H and O–H groups in total. The fraction of sp³-hybridized carbons (Fsp3) is 0.143. The second-order valence-corrected chi connectivity index (χ2v) is 9.06. The molecular weight excluding hydrogens is 474 g/mol. The molecule has 2 heterocycles. The number of carbonyl (C=O) groups is 2. The number of benzene rings is 3. The molecule has 36 heavy (non-hydrogen) atoms. The van der Waals surface area contributed by atoms with E-state index < -0.39 is 5.92 Å². The van der Waals surface area contributed by atoms with Gasteiger partial charge in [0.2, 0.25) is 11.8 Å². The molecule has 1 saturated heterocycles. The highest BCUT2D eigenvalue weighted by atomic mass is 35.5. The van der Waals surface area contributed by atoms with E-state index in [4.69, 9.17) is 11.6 Å². The van der Waals surface area contributed by atoms with Gasteiger partial charge in [0.05, 0.1) is 11.6 Å². The van der Waals surface area contributed by atoms with Crippen molar-refractivity contribution in [3.63, 3.8) is 0 Å². The summed E-state index contributed by atoms with van der Waals surface area (Å²) in [7, 11) is 0. The number of nitrogens with one attached hydrogen (secondary N) is 2. The largest absolute Gasteiger partial charge is 0.340 e. The zero-order valence-corrected chi connectivity index (χ0v) is 20.4. The number of aryl methyl sites for hydroxylation is 1. The molecule has 0 spiro atoms. The Morgan fingerprint density at radius 1 is 0.944 bits per heavy atom. The van der Waals surface area contributed by atoms with E-state index in [0.29, 0.717) is 28.9 Å². The number of anilines is 4. The van der Waals surface area contributed by atoms with Crippen molar-refractivity contribution in [3.8, 4) is 11.3 Å². The lowest BCUT2D eigenvalue weighted by molar-refractivity contribution is -0.122. The minimum absolute atomic E-state index is 0.0822. The molecule has 0 aliphatic carbocycles. The summed E-state index contributed by atoms with van der Waals surface area (Å²) in [4.78, 5) is 36.2. The Hall–Kier alpha value is -4.23. The Morgan fingerprint density at radius 2 is 1.69 bits per heavy atom. The highest BCUT2D eigenvalue weighted by Gasteiger charge is 2.35. The monoisotopic (exact) mass is 497 g/mol. The number of hydrogen-bond donors (Lipinski definition) is 2. The van der Waals surface area contributed by atoms with Crippen molar-refractivity contribution in [3.05, 3.63) is 95.8 Å². The molecule has 4 aromatic rings. The van der Waals surface area contributed by atoms with Gasteiger partial charge in [0.15, 0.2) is 0 Å².